The minimum atomic E-state index is -0.790. The van der Waals surface area contributed by atoms with Crippen molar-refractivity contribution in [2.45, 2.75) is 4.90 Å². The van der Waals surface area contributed by atoms with E-state index in [1.54, 1.807) is 0 Å². The second-order valence-corrected chi connectivity index (χ2v) is 4.68. The molecule has 0 fully saturated rings. The molecule has 0 saturated carbocycles. The molecule has 2 aromatic rings. The lowest BCUT2D eigenvalue weighted by atomic mass is 10.3. The van der Waals surface area contributed by atoms with Gasteiger partial charge in [0.05, 0.1) is 33.5 Å². The summed E-state index contributed by atoms with van der Waals surface area (Å²) < 4.78 is 8.78. The van der Waals surface area contributed by atoms with Gasteiger partial charge in [0.25, 0.3) is 11.4 Å². The van der Waals surface area contributed by atoms with E-state index < -0.39 is 16.6 Å². The summed E-state index contributed by atoms with van der Waals surface area (Å²) in [5.74, 6) is -1.33. The molecule has 0 aliphatic rings. The molecule has 0 saturated heterocycles. The quantitative estimate of drug-likeness (QED) is 0.264. The number of thioether (sulfide) groups is 1. The van der Waals surface area contributed by atoms with Crippen molar-refractivity contribution >= 4 is 23.4 Å². The second-order valence-electron chi connectivity index (χ2n) is 3.66. The van der Waals surface area contributed by atoms with Crippen LogP contribution in [0.2, 0.25) is 0 Å². The van der Waals surface area contributed by atoms with Crippen molar-refractivity contribution in [2.75, 3.05) is 12.9 Å². The lowest BCUT2D eigenvalue weighted by Crippen LogP contribution is -2.37. The SMILES string of the molecule is COC(=O)CSc1ccc(-[n+]2noc(=O)[nH]2)cc1[N+](=O)[O-]. The summed E-state index contributed by atoms with van der Waals surface area (Å²) in [6, 6.07) is 4.14. The molecule has 0 atom stereocenters. The third-order valence-corrected chi connectivity index (χ3v) is 3.40. The molecule has 0 bridgehead atoms. The van der Waals surface area contributed by atoms with Crippen LogP contribution in [0.4, 0.5) is 5.69 Å². The van der Waals surface area contributed by atoms with Gasteiger partial charge in [-0.3, -0.25) is 14.9 Å². The smallest absolute Gasteiger partial charge is 0.468 e. The number of hydrogen-bond acceptors (Lipinski definition) is 8. The van der Waals surface area contributed by atoms with Crippen molar-refractivity contribution in [3.8, 4) is 5.69 Å². The Morgan fingerprint density at radius 2 is 2.38 bits per heavy atom. The normalized spacial score (nSPS) is 10.3. The highest BCUT2D eigenvalue weighted by molar-refractivity contribution is 8.00. The molecule has 0 spiro atoms. The summed E-state index contributed by atoms with van der Waals surface area (Å²) in [4.78, 5) is 33.7. The number of nitrogens with one attached hydrogen (secondary N) is 1. The number of benzene rings is 1. The van der Waals surface area contributed by atoms with Crippen LogP contribution in [-0.2, 0) is 9.53 Å². The number of esters is 1. The van der Waals surface area contributed by atoms with E-state index in [1.807, 2.05) is 0 Å². The highest BCUT2D eigenvalue weighted by Gasteiger charge is 2.22. The van der Waals surface area contributed by atoms with Crippen LogP contribution in [-0.4, -0.2) is 34.1 Å². The van der Waals surface area contributed by atoms with Crippen molar-refractivity contribution in [2.24, 2.45) is 0 Å². The van der Waals surface area contributed by atoms with Gasteiger partial charge in [-0.05, 0) is 6.07 Å². The van der Waals surface area contributed by atoms with Gasteiger partial charge in [-0.2, -0.15) is 0 Å². The number of nitro benzene ring substituents is 1. The highest BCUT2D eigenvalue weighted by Crippen LogP contribution is 2.30. The molecule has 1 aromatic heterocycles. The van der Waals surface area contributed by atoms with Crippen LogP contribution in [0.5, 0.6) is 0 Å². The van der Waals surface area contributed by atoms with Crippen molar-refractivity contribution in [3.63, 3.8) is 0 Å². The summed E-state index contributed by atoms with van der Waals surface area (Å²) in [5.41, 5.74) is 0.0210. The number of nitro groups is 1. The Bertz CT molecular complexity index is 739. The largest absolute Gasteiger partial charge is 0.493 e. The number of nitrogens with zero attached hydrogens (tertiary/aromatic N) is 3. The Morgan fingerprint density at radius 1 is 1.62 bits per heavy atom. The first-order valence-corrected chi connectivity index (χ1v) is 6.46. The number of H-pyrrole nitrogens is 1. The fourth-order valence-electron chi connectivity index (χ4n) is 1.41. The van der Waals surface area contributed by atoms with Gasteiger partial charge in [-0.1, -0.05) is 5.10 Å². The molecule has 0 amide bonds. The first-order valence-electron chi connectivity index (χ1n) is 5.48. The molecule has 0 aliphatic carbocycles. The minimum Gasteiger partial charge on any atom is -0.468 e. The Labute approximate surface area is 120 Å². The average molecular weight is 313 g/mol. The summed E-state index contributed by atoms with van der Waals surface area (Å²) in [7, 11) is 1.23. The van der Waals surface area contributed by atoms with Crippen LogP contribution in [0.1, 0.15) is 0 Å². The van der Waals surface area contributed by atoms with E-state index in [0.29, 0.717) is 4.90 Å². The van der Waals surface area contributed by atoms with E-state index in [1.165, 1.54) is 25.3 Å². The first kappa shape index (κ1) is 14.7. The molecule has 110 valence electrons. The molecular formula is C10H9N4O6S+. The molecule has 10 nitrogen and oxygen atoms in total. The van der Waals surface area contributed by atoms with Crippen LogP contribution in [0, 0.1) is 10.1 Å². The maximum Gasteiger partial charge on any atom is 0.493 e. The summed E-state index contributed by atoms with van der Waals surface area (Å²) in [5, 5.41) is 16.7. The number of methoxy groups -OCH3 is 1. The number of ether oxygens (including phenoxy) is 1. The van der Waals surface area contributed by atoms with Gasteiger partial charge in [0, 0.05) is 6.07 Å². The fourth-order valence-corrected chi connectivity index (χ4v) is 2.25. The molecule has 1 heterocycles. The summed E-state index contributed by atoms with van der Waals surface area (Å²) >= 11 is 0.976. The number of rotatable bonds is 5. The zero-order valence-corrected chi connectivity index (χ0v) is 11.5. The Hall–Kier alpha value is -2.69. The number of aromatic amines is 1. The van der Waals surface area contributed by atoms with Crippen molar-refractivity contribution in [1.29, 1.82) is 0 Å². The summed E-state index contributed by atoms with van der Waals surface area (Å²) in [6.07, 6.45) is 0. The van der Waals surface area contributed by atoms with E-state index in [9.17, 15) is 19.7 Å². The minimum absolute atomic E-state index is 0.0510. The number of aromatic nitrogens is 3. The Morgan fingerprint density at radius 3 is 2.95 bits per heavy atom. The first-order chi connectivity index (χ1) is 10.0. The summed E-state index contributed by atoms with van der Waals surface area (Å²) in [6.45, 7) is 0. The fraction of sp³-hybridized carbons (Fsp3) is 0.200. The predicted molar refractivity (Wildman–Crippen MR) is 68.1 cm³/mol. The van der Waals surface area contributed by atoms with Gasteiger partial charge in [-0.15, -0.1) is 11.8 Å². The van der Waals surface area contributed by atoms with Gasteiger partial charge in [-0.25, -0.2) is 9.32 Å². The zero-order valence-electron chi connectivity index (χ0n) is 10.6. The van der Waals surface area contributed by atoms with Crippen LogP contribution in [0.3, 0.4) is 0 Å². The monoisotopic (exact) mass is 313 g/mol. The molecule has 1 N–H and O–H groups in total. The van der Waals surface area contributed by atoms with E-state index in [-0.39, 0.29) is 17.1 Å². The topological polar surface area (TPSA) is 132 Å². The standard InChI is InChI=1S/C10H8N4O6S/c1-19-9(15)5-21-8-3-2-6(4-7(8)14(17)18)13-11-10(16)20-12-13/h2-4H,5H2,1H3/p+1. The molecule has 21 heavy (non-hydrogen) atoms. The van der Waals surface area contributed by atoms with Crippen LogP contribution in [0.25, 0.3) is 5.69 Å². The Kier molecular flexibility index (Phi) is 4.33. The van der Waals surface area contributed by atoms with E-state index in [4.69, 9.17) is 0 Å². The van der Waals surface area contributed by atoms with Crippen molar-refractivity contribution < 1.29 is 23.8 Å². The van der Waals surface area contributed by atoms with Gasteiger partial charge in [0.1, 0.15) is 0 Å². The molecule has 11 heteroatoms. The molecule has 0 unspecified atom stereocenters. The van der Waals surface area contributed by atoms with Crippen LogP contribution in [0.15, 0.2) is 32.4 Å². The van der Waals surface area contributed by atoms with Crippen LogP contribution >= 0.6 is 11.8 Å². The lowest BCUT2D eigenvalue weighted by molar-refractivity contribution is -0.725. The number of carbonyl (C=O) groups excluding carboxylic acids is 1. The van der Waals surface area contributed by atoms with Crippen molar-refractivity contribution in [3.05, 3.63) is 38.9 Å². The molecule has 0 radical (unpaired) electrons. The number of hydrogen-bond donors (Lipinski definition) is 1. The van der Waals surface area contributed by atoms with E-state index >= 15 is 0 Å². The molecule has 0 aliphatic heterocycles. The van der Waals surface area contributed by atoms with Gasteiger partial charge in [0.15, 0.2) is 0 Å². The lowest BCUT2D eigenvalue weighted by Gasteiger charge is -2.01. The average Bonchev–Trinajstić information content (AvgIpc) is 2.91. The third-order valence-electron chi connectivity index (χ3n) is 2.36. The van der Waals surface area contributed by atoms with Crippen molar-refractivity contribution in [1.82, 2.24) is 10.4 Å². The molecule has 1 aromatic carbocycles. The predicted octanol–water partition coefficient (Wildman–Crippen LogP) is -0.187. The molecular weight excluding hydrogens is 304 g/mol. The van der Waals surface area contributed by atoms with Gasteiger partial charge >= 0.3 is 11.7 Å². The third kappa shape index (κ3) is 3.45. The van der Waals surface area contributed by atoms with Gasteiger partial charge in [0.2, 0.25) is 5.27 Å². The van der Waals surface area contributed by atoms with E-state index in [0.717, 1.165) is 16.6 Å². The second kappa shape index (κ2) is 6.17. The maximum absolute atomic E-state index is 11.1. The zero-order chi connectivity index (χ0) is 15.4. The molecule has 2 rings (SSSR count). The maximum atomic E-state index is 11.1. The van der Waals surface area contributed by atoms with Crippen LogP contribution < -0.4 is 10.6 Å². The Balaban J connectivity index is 2.33. The number of carbonyl (C=O) groups is 1. The van der Waals surface area contributed by atoms with E-state index in [2.05, 4.69) is 19.6 Å². The highest BCUT2D eigenvalue weighted by atomic mass is 32.2. The van der Waals surface area contributed by atoms with Gasteiger partial charge < -0.3 is 4.74 Å².